The molecule has 3 rings (SSSR count). The van der Waals surface area contributed by atoms with Crippen molar-refractivity contribution in [3.8, 4) is 0 Å². The third-order valence-electron chi connectivity index (χ3n) is 4.54. The van der Waals surface area contributed by atoms with Gasteiger partial charge in [0.05, 0.1) is 0 Å². The first-order chi connectivity index (χ1) is 10.3. The predicted molar refractivity (Wildman–Crippen MR) is 89.7 cm³/mol. The molecule has 1 aliphatic rings. The highest BCUT2D eigenvalue weighted by Gasteiger charge is 2.21. The van der Waals surface area contributed by atoms with Crippen LogP contribution in [0.4, 0.5) is 0 Å². The van der Waals surface area contributed by atoms with Crippen LogP contribution in [0, 0.1) is 0 Å². The smallest absolute Gasteiger partial charge is 0.0450 e. The van der Waals surface area contributed by atoms with Crippen LogP contribution in [0.3, 0.4) is 0 Å². The second kappa shape index (κ2) is 7.11. The van der Waals surface area contributed by atoms with Crippen molar-refractivity contribution >= 4 is 11.6 Å². The van der Waals surface area contributed by atoms with Crippen LogP contribution in [0.2, 0.25) is 5.02 Å². The van der Waals surface area contributed by atoms with E-state index in [1.807, 2.05) is 12.1 Å². The Kier molecular flexibility index (Phi) is 4.95. The number of rotatable bonds is 4. The molecular weight excluding hydrogens is 278 g/mol. The maximum atomic E-state index is 6.21. The lowest BCUT2D eigenvalue weighted by atomic mass is 9.82. The summed E-state index contributed by atoms with van der Waals surface area (Å²) < 4.78 is 0. The zero-order chi connectivity index (χ0) is 14.5. The lowest BCUT2D eigenvalue weighted by Gasteiger charge is -2.29. The lowest BCUT2D eigenvalue weighted by Crippen LogP contribution is -2.32. The van der Waals surface area contributed by atoms with Crippen molar-refractivity contribution < 1.29 is 0 Å². The first-order valence-electron chi connectivity index (χ1n) is 7.84. The van der Waals surface area contributed by atoms with E-state index < -0.39 is 0 Å². The van der Waals surface area contributed by atoms with Crippen LogP contribution in [-0.2, 0) is 6.54 Å². The molecule has 1 N–H and O–H groups in total. The Morgan fingerprint density at radius 3 is 2.24 bits per heavy atom. The quantitative estimate of drug-likeness (QED) is 0.822. The minimum absolute atomic E-state index is 0.626. The van der Waals surface area contributed by atoms with Crippen LogP contribution in [0.15, 0.2) is 54.6 Å². The molecule has 0 aliphatic heterocycles. The van der Waals surface area contributed by atoms with Crippen LogP contribution in [-0.4, -0.2) is 6.04 Å². The van der Waals surface area contributed by atoms with E-state index in [1.165, 1.54) is 36.8 Å². The molecule has 2 aromatic rings. The van der Waals surface area contributed by atoms with Crippen molar-refractivity contribution in [2.75, 3.05) is 0 Å². The maximum absolute atomic E-state index is 6.21. The van der Waals surface area contributed by atoms with Crippen molar-refractivity contribution in [2.24, 2.45) is 0 Å². The number of nitrogens with one attached hydrogen (secondary N) is 1. The topological polar surface area (TPSA) is 12.0 Å². The van der Waals surface area contributed by atoms with Gasteiger partial charge in [-0.2, -0.15) is 0 Å². The van der Waals surface area contributed by atoms with Gasteiger partial charge in [0.15, 0.2) is 0 Å². The fourth-order valence-corrected chi connectivity index (χ4v) is 3.45. The zero-order valence-corrected chi connectivity index (χ0v) is 13.0. The highest BCUT2D eigenvalue weighted by Crippen LogP contribution is 2.32. The van der Waals surface area contributed by atoms with Crippen molar-refractivity contribution in [2.45, 2.75) is 44.2 Å². The van der Waals surface area contributed by atoms with E-state index in [4.69, 9.17) is 11.6 Å². The molecule has 0 bridgehead atoms. The molecule has 0 amide bonds. The Hall–Kier alpha value is -1.31. The zero-order valence-electron chi connectivity index (χ0n) is 12.3. The minimum Gasteiger partial charge on any atom is -0.310 e. The molecule has 0 saturated heterocycles. The average molecular weight is 300 g/mol. The predicted octanol–water partition coefficient (Wildman–Crippen LogP) is 5.16. The second-order valence-corrected chi connectivity index (χ2v) is 6.34. The molecule has 0 heterocycles. The van der Waals surface area contributed by atoms with Gasteiger partial charge in [-0.25, -0.2) is 0 Å². The molecular formula is C19H22ClN. The van der Waals surface area contributed by atoms with E-state index in [1.54, 1.807) is 0 Å². The first kappa shape index (κ1) is 14.6. The van der Waals surface area contributed by atoms with Gasteiger partial charge in [0.25, 0.3) is 0 Å². The van der Waals surface area contributed by atoms with Gasteiger partial charge >= 0.3 is 0 Å². The summed E-state index contributed by atoms with van der Waals surface area (Å²) in [5, 5.41) is 4.53. The highest BCUT2D eigenvalue weighted by molar-refractivity contribution is 6.31. The van der Waals surface area contributed by atoms with E-state index in [9.17, 15) is 0 Å². The Morgan fingerprint density at radius 1 is 0.857 bits per heavy atom. The Labute approximate surface area is 132 Å². The molecule has 2 aromatic carbocycles. The van der Waals surface area contributed by atoms with Gasteiger partial charge < -0.3 is 5.32 Å². The van der Waals surface area contributed by atoms with Crippen LogP contribution < -0.4 is 5.32 Å². The van der Waals surface area contributed by atoms with Crippen LogP contribution >= 0.6 is 11.6 Å². The van der Waals surface area contributed by atoms with E-state index in [0.717, 1.165) is 17.5 Å². The number of halogens is 1. The summed E-state index contributed by atoms with van der Waals surface area (Å²) >= 11 is 6.21. The molecule has 21 heavy (non-hydrogen) atoms. The molecule has 2 heteroatoms. The Bertz CT molecular complexity index is 559. The summed E-state index contributed by atoms with van der Waals surface area (Å²) in [6.07, 6.45) is 5.07. The fourth-order valence-electron chi connectivity index (χ4n) is 3.25. The maximum Gasteiger partial charge on any atom is 0.0450 e. The molecule has 1 aliphatic carbocycles. The minimum atomic E-state index is 0.626. The molecule has 0 spiro atoms. The Balaban J connectivity index is 1.49. The standard InChI is InChI=1S/C19H22ClN/c20-19-9-5-4-8-17(19)14-21-18-12-10-16(11-13-18)15-6-2-1-3-7-15/h1-9,16,18,21H,10-14H2. The van der Waals surface area contributed by atoms with E-state index in [-0.39, 0.29) is 0 Å². The summed E-state index contributed by atoms with van der Waals surface area (Å²) in [6, 6.07) is 19.7. The molecule has 0 atom stereocenters. The summed E-state index contributed by atoms with van der Waals surface area (Å²) in [5.41, 5.74) is 2.70. The van der Waals surface area contributed by atoms with E-state index >= 15 is 0 Å². The largest absolute Gasteiger partial charge is 0.310 e. The van der Waals surface area contributed by atoms with Crippen LogP contribution in [0.5, 0.6) is 0 Å². The summed E-state index contributed by atoms with van der Waals surface area (Å²) in [4.78, 5) is 0. The van der Waals surface area contributed by atoms with Gasteiger partial charge in [0.1, 0.15) is 0 Å². The van der Waals surface area contributed by atoms with Crippen molar-refractivity contribution in [3.05, 3.63) is 70.7 Å². The molecule has 0 unspecified atom stereocenters. The Morgan fingerprint density at radius 2 is 1.52 bits per heavy atom. The van der Waals surface area contributed by atoms with Gasteiger partial charge in [-0.05, 0) is 48.8 Å². The number of benzene rings is 2. The van der Waals surface area contributed by atoms with Crippen LogP contribution in [0.25, 0.3) is 0 Å². The first-order valence-corrected chi connectivity index (χ1v) is 8.22. The molecule has 0 aromatic heterocycles. The van der Waals surface area contributed by atoms with Gasteiger partial charge in [-0.15, -0.1) is 0 Å². The van der Waals surface area contributed by atoms with Crippen molar-refractivity contribution in [1.29, 1.82) is 0 Å². The van der Waals surface area contributed by atoms with Gasteiger partial charge in [-0.3, -0.25) is 0 Å². The van der Waals surface area contributed by atoms with E-state index in [2.05, 4.69) is 47.8 Å². The SMILES string of the molecule is Clc1ccccc1CNC1CCC(c2ccccc2)CC1. The molecule has 110 valence electrons. The van der Waals surface area contributed by atoms with E-state index in [0.29, 0.717) is 6.04 Å². The van der Waals surface area contributed by atoms with Crippen molar-refractivity contribution in [3.63, 3.8) is 0 Å². The molecule has 1 nitrogen and oxygen atoms in total. The molecule has 0 radical (unpaired) electrons. The highest BCUT2D eigenvalue weighted by atomic mass is 35.5. The number of hydrogen-bond acceptors (Lipinski definition) is 1. The molecule has 1 fully saturated rings. The molecule has 1 saturated carbocycles. The fraction of sp³-hybridized carbons (Fsp3) is 0.368. The second-order valence-electron chi connectivity index (χ2n) is 5.93. The lowest BCUT2D eigenvalue weighted by molar-refractivity contribution is 0.341. The van der Waals surface area contributed by atoms with Gasteiger partial charge in [-0.1, -0.05) is 60.1 Å². The number of hydrogen-bond donors (Lipinski definition) is 1. The summed E-state index contributed by atoms with van der Waals surface area (Å²) in [5.74, 6) is 0.740. The van der Waals surface area contributed by atoms with Crippen LogP contribution in [0.1, 0.15) is 42.7 Å². The normalized spacial score (nSPS) is 22.1. The average Bonchev–Trinajstić information content (AvgIpc) is 2.55. The van der Waals surface area contributed by atoms with Gasteiger partial charge in [0.2, 0.25) is 0 Å². The summed E-state index contributed by atoms with van der Waals surface area (Å²) in [6.45, 7) is 0.875. The third kappa shape index (κ3) is 3.87. The monoisotopic (exact) mass is 299 g/mol. The third-order valence-corrected chi connectivity index (χ3v) is 4.91. The van der Waals surface area contributed by atoms with Gasteiger partial charge in [0, 0.05) is 17.6 Å². The van der Waals surface area contributed by atoms with Crippen molar-refractivity contribution in [1.82, 2.24) is 5.32 Å². The summed E-state index contributed by atoms with van der Waals surface area (Å²) in [7, 11) is 0.